The van der Waals surface area contributed by atoms with Gasteiger partial charge in [-0.3, -0.25) is 5.41 Å². The number of anilines is 2. The molecule has 10 heteroatoms. The predicted molar refractivity (Wildman–Crippen MR) is 135 cm³/mol. The van der Waals surface area contributed by atoms with E-state index >= 15 is 0 Å². The first kappa shape index (κ1) is 24.5. The maximum atomic E-state index is 14.2. The Morgan fingerprint density at radius 2 is 1.69 bits per heavy atom. The van der Waals surface area contributed by atoms with Crippen molar-refractivity contribution in [1.29, 1.82) is 5.41 Å². The summed E-state index contributed by atoms with van der Waals surface area (Å²) >= 11 is 0. The number of nitrogens with zero attached hydrogens (tertiary/aromatic N) is 4. The minimum Gasteiger partial charge on any atom is -0.489 e. The van der Waals surface area contributed by atoms with Gasteiger partial charge in [0.1, 0.15) is 53.5 Å². The van der Waals surface area contributed by atoms with Gasteiger partial charge in [0, 0.05) is 47.8 Å². The zero-order valence-electron chi connectivity index (χ0n) is 20.1. The number of rotatable bonds is 9. The minimum absolute atomic E-state index is 0.104. The summed E-state index contributed by atoms with van der Waals surface area (Å²) in [4.78, 5) is 16.5. The van der Waals surface area contributed by atoms with E-state index in [9.17, 15) is 4.39 Å². The van der Waals surface area contributed by atoms with Crippen molar-refractivity contribution in [2.75, 3.05) is 11.1 Å². The predicted octanol–water partition coefficient (Wildman–Crippen LogP) is 4.90. The summed E-state index contributed by atoms with van der Waals surface area (Å²) in [7, 11) is 0. The molecule has 2 aromatic heterocycles. The van der Waals surface area contributed by atoms with Crippen molar-refractivity contribution < 1.29 is 13.9 Å². The third-order valence-electron chi connectivity index (χ3n) is 5.02. The molecule has 4 N–H and O–H groups in total. The third-order valence-corrected chi connectivity index (χ3v) is 5.02. The second-order valence-electron chi connectivity index (χ2n) is 8.33. The Balaban J connectivity index is 1.47. The lowest BCUT2D eigenvalue weighted by Crippen LogP contribution is -2.17. The molecule has 2 aromatic carbocycles. The molecule has 0 saturated carbocycles. The molecule has 184 valence electrons. The largest absolute Gasteiger partial charge is 0.489 e. The molecule has 36 heavy (non-hydrogen) atoms. The van der Waals surface area contributed by atoms with Crippen LogP contribution in [0.15, 0.2) is 61.2 Å². The summed E-state index contributed by atoms with van der Waals surface area (Å²) in [6.45, 7) is 5.93. The lowest BCUT2D eigenvalue weighted by atomic mass is 10.0. The maximum absolute atomic E-state index is 14.2. The van der Waals surface area contributed by atoms with Gasteiger partial charge in [-0.25, -0.2) is 24.3 Å². The molecular weight excluding hydrogens is 461 g/mol. The Hall–Kier alpha value is -4.60. The first-order valence-electron chi connectivity index (χ1n) is 11.2. The van der Waals surface area contributed by atoms with E-state index in [4.69, 9.17) is 20.6 Å². The van der Waals surface area contributed by atoms with Crippen LogP contribution in [-0.4, -0.2) is 31.7 Å². The molecule has 0 bridgehead atoms. The summed E-state index contributed by atoms with van der Waals surface area (Å²) in [5, 5.41) is 11.8. The van der Waals surface area contributed by atoms with E-state index in [1.807, 2.05) is 13.8 Å². The lowest BCUT2D eigenvalue weighted by Gasteiger charge is -2.15. The van der Waals surface area contributed by atoms with Crippen LogP contribution >= 0.6 is 0 Å². The fourth-order valence-electron chi connectivity index (χ4n) is 3.34. The molecule has 0 unspecified atom stereocenters. The molecule has 0 amide bonds. The van der Waals surface area contributed by atoms with Crippen molar-refractivity contribution in [1.82, 2.24) is 19.9 Å². The Morgan fingerprint density at radius 3 is 2.39 bits per heavy atom. The summed E-state index contributed by atoms with van der Waals surface area (Å²) in [5.41, 5.74) is 8.01. The van der Waals surface area contributed by atoms with E-state index in [1.54, 1.807) is 49.6 Å². The van der Waals surface area contributed by atoms with Crippen LogP contribution in [-0.2, 0) is 6.61 Å². The average Bonchev–Trinajstić information content (AvgIpc) is 2.83. The molecule has 0 spiro atoms. The van der Waals surface area contributed by atoms with E-state index in [0.717, 1.165) is 5.56 Å². The molecule has 4 aromatic rings. The van der Waals surface area contributed by atoms with Crippen LogP contribution in [0.25, 0.3) is 0 Å². The highest BCUT2D eigenvalue weighted by molar-refractivity contribution is 6.16. The van der Waals surface area contributed by atoms with E-state index in [0.29, 0.717) is 34.3 Å². The van der Waals surface area contributed by atoms with Crippen molar-refractivity contribution in [3.8, 4) is 17.2 Å². The van der Waals surface area contributed by atoms with E-state index in [1.165, 1.54) is 18.5 Å². The first-order valence-corrected chi connectivity index (χ1v) is 11.2. The summed E-state index contributed by atoms with van der Waals surface area (Å²) in [6.07, 6.45) is 4.68. The third kappa shape index (κ3) is 6.09. The Labute approximate surface area is 208 Å². The van der Waals surface area contributed by atoms with Crippen molar-refractivity contribution in [3.05, 3.63) is 89.5 Å². The highest BCUT2D eigenvalue weighted by Crippen LogP contribution is 2.29. The van der Waals surface area contributed by atoms with Gasteiger partial charge in [-0.15, -0.1) is 0 Å². The first-order chi connectivity index (χ1) is 17.3. The van der Waals surface area contributed by atoms with Crippen molar-refractivity contribution in [2.45, 2.75) is 33.4 Å². The van der Waals surface area contributed by atoms with Crippen LogP contribution in [0, 0.1) is 18.2 Å². The monoisotopic (exact) mass is 487 g/mol. The molecule has 9 nitrogen and oxygen atoms in total. The smallest absolute Gasteiger partial charge is 0.141 e. The van der Waals surface area contributed by atoms with Crippen LogP contribution in [0.1, 0.15) is 36.4 Å². The molecule has 0 aliphatic heterocycles. The number of nitrogens with one attached hydrogen (secondary N) is 2. The molecule has 0 aliphatic carbocycles. The van der Waals surface area contributed by atoms with Crippen LogP contribution in [0.4, 0.5) is 16.0 Å². The standard InChI is InChI=1S/C26H26FN7O2/c1-15(2)34-26-23(25(29)32-14-33-26)24(28)18-4-6-20(7-5-18)36-22-9-19(27)8-21(10-22)35-13-17-11-30-16(3)31-12-17/h4-12,14-15,28H,13H2,1-3H3,(H3,29,32,33,34). The van der Waals surface area contributed by atoms with E-state index < -0.39 is 5.82 Å². The Morgan fingerprint density at radius 1 is 1.00 bits per heavy atom. The van der Waals surface area contributed by atoms with Crippen LogP contribution < -0.4 is 20.5 Å². The fraction of sp³-hybridized carbons (Fsp3) is 0.192. The highest BCUT2D eigenvalue weighted by Gasteiger charge is 2.17. The SMILES string of the molecule is Cc1ncc(COc2cc(F)cc(Oc3ccc(C(=N)c4c(N)ncnc4NC(C)C)cc3)c2)cn1. The second-order valence-corrected chi connectivity index (χ2v) is 8.33. The van der Waals surface area contributed by atoms with Gasteiger partial charge < -0.3 is 20.5 Å². The Kier molecular flexibility index (Phi) is 7.33. The maximum Gasteiger partial charge on any atom is 0.141 e. The number of aryl methyl sites for hydroxylation is 1. The number of nitrogens with two attached hydrogens (primary N) is 1. The van der Waals surface area contributed by atoms with Gasteiger partial charge in [0.2, 0.25) is 0 Å². The molecule has 0 radical (unpaired) electrons. The van der Waals surface area contributed by atoms with Gasteiger partial charge in [0.05, 0.1) is 11.3 Å². The summed E-state index contributed by atoms with van der Waals surface area (Å²) in [5.74, 6) is 1.93. The van der Waals surface area contributed by atoms with Gasteiger partial charge >= 0.3 is 0 Å². The molecular formula is C26H26FN7O2. The van der Waals surface area contributed by atoms with Gasteiger partial charge in [-0.2, -0.15) is 0 Å². The number of hydrogen-bond acceptors (Lipinski definition) is 9. The molecule has 0 saturated heterocycles. The number of ether oxygens (including phenoxy) is 2. The van der Waals surface area contributed by atoms with Crippen LogP contribution in [0.3, 0.4) is 0 Å². The topological polar surface area (TPSA) is 132 Å². The van der Waals surface area contributed by atoms with Crippen molar-refractivity contribution in [3.63, 3.8) is 0 Å². The quantitative estimate of drug-likeness (QED) is 0.284. The minimum atomic E-state index is -0.495. The number of halogens is 1. The fourth-order valence-corrected chi connectivity index (χ4v) is 3.34. The summed E-state index contributed by atoms with van der Waals surface area (Å²) < 4.78 is 25.7. The lowest BCUT2D eigenvalue weighted by molar-refractivity contribution is 0.301. The number of nitrogen functional groups attached to an aromatic ring is 1. The van der Waals surface area contributed by atoms with Crippen LogP contribution in [0.2, 0.25) is 0 Å². The van der Waals surface area contributed by atoms with Crippen molar-refractivity contribution in [2.24, 2.45) is 0 Å². The zero-order valence-corrected chi connectivity index (χ0v) is 20.1. The molecule has 0 atom stereocenters. The zero-order chi connectivity index (χ0) is 25.7. The second kappa shape index (κ2) is 10.8. The van der Waals surface area contributed by atoms with Gasteiger partial charge in [0.15, 0.2) is 0 Å². The van der Waals surface area contributed by atoms with Gasteiger partial charge in [-0.05, 0) is 45.0 Å². The Bertz CT molecular complexity index is 1360. The van der Waals surface area contributed by atoms with E-state index in [-0.39, 0.29) is 29.9 Å². The number of benzene rings is 2. The van der Waals surface area contributed by atoms with Gasteiger partial charge in [-0.1, -0.05) is 0 Å². The van der Waals surface area contributed by atoms with Gasteiger partial charge in [0.25, 0.3) is 0 Å². The molecule has 0 aliphatic rings. The number of aromatic nitrogens is 4. The van der Waals surface area contributed by atoms with Crippen LogP contribution in [0.5, 0.6) is 17.2 Å². The van der Waals surface area contributed by atoms with Crippen molar-refractivity contribution >= 4 is 17.3 Å². The van der Waals surface area contributed by atoms with E-state index in [2.05, 4.69) is 25.3 Å². The summed E-state index contributed by atoms with van der Waals surface area (Å²) in [6, 6.07) is 11.1. The highest BCUT2D eigenvalue weighted by atomic mass is 19.1. The normalized spacial score (nSPS) is 10.8. The molecule has 0 fully saturated rings. The molecule has 2 heterocycles. The number of hydrogen-bond donors (Lipinski definition) is 3. The molecule has 4 rings (SSSR count). The average molecular weight is 488 g/mol.